The number of aromatic nitrogens is 4. The Hall–Kier alpha value is -2.67. The number of nitrogens with zero attached hydrogens (tertiary/aromatic N) is 4. The minimum atomic E-state index is 0.536. The maximum atomic E-state index is 5.49. The van der Waals surface area contributed by atoms with E-state index in [9.17, 15) is 0 Å². The van der Waals surface area contributed by atoms with Crippen LogP contribution in [0.1, 0.15) is 29.6 Å². The minimum Gasteiger partial charge on any atom is -0.330 e. The number of hydrogen-bond donors (Lipinski definition) is 2. The zero-order chi connectivity index (χ0) is 18.7. The highest BCUT2D eigenvalue weighted by atomic mass is 32.1. The van der Waals surface area contributed by atoms with Gasteiger partial charge in [-0.15, -0.1) is 0 Å². The third-order valence-electron chi connectivity index (χ3n) is 4.45. The fourth-order valence-electron chi connectivity index (χ4n) is 2.94. The van der Waals surface area contributed by atoms with Gasteiger partial charge >= 0.3 is 0 Å². The Morgan fingerprint density at radius 3 is 2.42 bits per heavy atom. The first-order chi connectivity index (χ1) is 12.5. The van der Waals surface area contributed by atoms with Crippen molar-refractivity contribution in [2.24, 2.45) is 0 Å². The van der Waals surface area contributed by atoms with E-state index in [2.05, 4.69) is 39.9 Å². The van der Waals surface area contributed by atoms with Crippen LogP contribution in [0.4, 0.5) is 11.4 Å². The van der Waals surface area contributed by atoms with Crippen LogP contribution in [0.15, 0.2) is 36.5 Å². The zero-order valence-electron chi connectivity index (χ0n) is 15.6. The molecule has 0 atom stereocenters. The lowest BCUT2D eigenvalue weighted by Gasteiger charge is -2.11. The summed E-state index contributed by atoms with van der Waals surface area (Å²) in [5, 5.41) is 16.0. The normalized spacial score (nSPS) is 10.8. The molecule has 1 aromatic carbocycles. The second kappa shape index (κ2) is 7.70. The Morgan fingerprint density at radius 2 is 1.77 bits per heavy atom. The van der Waals surface area contributed by atoms with E-state index in [1.165, 1.54) is 5.56 Å². The Balaban J connectivity index is 1.73. The molecule has 0 unspecified atom stereocenters. The summed E-state index contributed by atoms with van der Waals surface area (Å²) in [6.45, 7) is 9.69. The molecule has 26 heavy (non-hydrogen) atoms. The van der Waals surface area contributed by atoms with Crippen LogP contribution in [0.2, 0.25) is 0 Å². The van der Waals surface area contributed by atoms with E-state index >= 15 is 0 Å². The van der Waals surface area contributed by atoms with Gasteiger partial charge in [0.05, 0.1) is 41.2 Å². The molecule has 6 nitrogen and oxygen atoms in total. The summed E-state index contributed by atoms with van der Waals surface area (Å²) in [6.07, 6.45) is 1.80. The first-order valence-electron chi connectivity index (χ1n) is 8.68. The second-order valence-corrected chi connectivity index (χ2v) is 6.64. The van der Waals surface area contributed by atoms with Crippen LogP contribution < -0.4 is 10.6 Å². The number of thiocarbonyl (C=S) groups is 1. The summed E-state index contributed by atoms with van der Waals surface area (Å²) in [4.78, 5) is 0. The van der Waals surface area contributed by atoms with Crippen molar-refractivity contribution >= 4 is 28.7 Å². The summed E-state index contributed by atoms with van der Waals surface area (Å²) in [6, 6.07) is 10.3. The number of nitrogens with one attached hydrogen (secondary N) is 2. The number of rotatable bonds is 5. The molecule has 0 bridgehead atoms. The van der Waals surface area contributed by atoms with Gasteiger partial charge < -0.3 is 10.6 Å². The van der Waals surface area contributed by atoms with Gasteiger partial charge in [0, 0.05) is 6.54 Å². The van der Waals surface area contributed by atoms with Gasteiger partial charge in [0.15, 0.2) is 5.11 Å². The molecule has 0 aliphatic rings. The van der Waals surface area contributed by atoms with Gasteiger partial charge in [0.2, 0.25) is 0 Å². The highest BCUT2D eigenvalue weighted by Gasteiger charge is 2.14. The summed E-state index contributed by atoms with van der Waals surface area (Å²) in [7, 11) is 0. The van der Waals surface area contributed by atoms with Crippen LogP contribution in [0.5, 0.6) is 0 Å². The Morgan fingerprint density at radius 1 is 1.04 bits per heavy atom. The van der Waals surface area contributed by atoms with Gasteiger partial charge in [-0.1, -0.05) is 30.3 Å². The van der Waals surface area contributed by atoms with Gasteiger partial charge in [-0.05, 0) is 45.5 Å². The van der Waals surface area contributed by atoms with Crippen LogP contribution in [0.3, 0.4) is 0 Å². The van der Waals surface area contributed by atoms with E-state index < -0.39 is 0 Å². The zero-order valence-corrected chi connectivity index (χ0v) is 16.4. The Labute approximate surface area is 159 Å². The van der Waals surface area contributed by atoms with Crippen LogP contribution in [-0.4, -0.2) is 24.7 Å². The first kappa shape index (κ1) is 18.1. The Bertz CT molecular complexity index is 910. The average molecular weight is 369 g/mol. The lowest BCUT2D eigenvalue weighted by Crippen LogP contribution is -2.20. The van der Waals surface area contributed by atoms with Crippen molar-refractivity contribution in [2.45, 2.75) is 40.8 Å². The van der Waals surface area contributed by atoms with Crippen molar-refractivity contribution in [2.75, 3.05) is 10.6 Å². The van der Waals surface area contributed by atoms with E-state index in [1.54, 1.807) is 6.20 Å². The smallest absolute Gasteiger partial charge is 0.175 e. The van der Waals surface area contributed by atoms with Crippen molar-refractivity contribution in [1.29, 1.82) is 0 Å². The van der Waals surface area contributed by atoms with Gasteiger partial charge in [-0.25, -0.2) is 0 Å². The molecule has 7 heteroatoms. The van der Waals surface area contributed by atoms with Crippen LogP contribution in [-0.2, 0) is 13.1 Å². The molecule has 3 aromatic rings. The molecular formula is C19H24N6S. The van der Waals surface area contributed by atoms with Gasteiger partial charge in [0.1, 0.15) is 0 Å². The van der Waals surface area contributed by atoms with Crippen molar-refractivity contribution in [1.82, 2.24) is 19.6 Å². The predicted molar refractivity (Wildman–Crippen MR) is 110 cm³/mol. The fourth-order valence-corrected chi connectivity index (χ4v) is 3.16. The van der Waals surface area contributed by atoms with E-state index in [-0.39, 0.29) is 0 Å². The summed E-state index contributed by atoms with van der Waals surface area (Å²) < 4.78 is 3.93. The van der Waals surface area contributed by atoms with Gasteiger partial charge in [-0.2, -0.15) is 10.2 Å². The summed E-state index contributed by atoms with van der Waals surface area (Å²) in [5.41, 5.74) is 6.10. The molecule has 2 aromatic heterocycles. The molecule has 0 aliphatic carbocycles. The molecule has 0 radical (unpaired) electrons. The third kappa shape index (κ3) is 3.77. The SMILES string of the molecule is CCn1ncc(NC(=S)Nc2c(C)nn(Cc3ccccc3)c2C)c1C. The van der Waals surface area contributed by atoms with E-state index in [4.69, 9.17) is 12.2 Å². The van der Waals surface area contributed by atoms with Crippen molar-refractivity contribution in [3.05, 3.63) is 59.2 Å². The maximum absolute atomic E-state index is 5.49. The molecule has 136 valence electrons. The van der Waals surface area contributed by atoms with Crippen LogP contribution in [0, 0.1) is 20.8 Å². The quantitative estimate of drug-likeness (QED) is 0.669. The van der Waals surface area contributed by atoms with Gasteiger partial charge in [-0.3, -0.25) is 9.36 Å². The summed E-state index contributed by atoms with van der Waals surface area (Å²) in [5.74, 6) is 0. The van der Waals surface area contributed by atoms with Crippen molar-refractivity contribution in [3.63, 3.8) is 0 Å². The topological polar surface area (TPSA) is 59.7 Å². The molecule has 3 rings (SSSR count). The number of anilines is 2. The molecular weight excluding hydrogens is 344 g/mol. The molecule has 0 fully saturated rings. The van der Waals surface area contributed by atoms with E-state index in [1.807, 2.05) is 48.3 Å². The molecule has 0 saturated carbocycles. The molecule has 0 aliphatic heterocycles. The fraction of sp³-hybridized carbons (Fsp3) is 0.316. The lowest BCUT2D eigenvalue weighted by molar-refractivity contribution is 0.640. The number of benzene rings is 1. The number of hydrogen-bond acceptors (Lipinski definition) is 3. The van der Waals surface area contributed by atoms with Crippen molar-refractivity contribution < 1.29 is 0 Å². The minimum absolute atomic E-state index is 0.536. The lowest BCUT2D eigenvalue weighted by atomic mass is 10.2. The molecule has 0 spiro atoms. The van der Waals surface area contributed by atoms with E-state index in [0.717, 1.165) is 41.5 Å². The number of aryl methyl sites for hydroxylation is 2. The highest BCUT2D eigenvalue weighted by Crippen LogP contribution is 2.21. The average Bonchev–Trinajstić information content (AvgIpc) is 3.10. The molecule has 0 amide bonds. The third-order valence-corrected chi connectivity index (χ3v) is 4.65. The van der Waals surface area contributed by atoms with Crippen LogP contribution >= 0.6 is 12.2 Å². The first-order valence-corrected chi connectivity index (χ1v) is 9.08. The maximum Gasteiger partial charge on any atom is 0.175 e. The molecule has 0 saturated heterocycles. The predicted octanol–water partition coefficient (Wildman–Crippen LogP) is 3.88. The Kier molecular flexibility index (Phi) is 5.37. The highest BCUT2D eigenvalue weighted by molar-refractivity contribution is 7.80. The second-order valence-electron chi connectivity index (χ2n) is 6.23. The monoisotopic (exact) mass is 368 g/mol. The van der Waals surface area contributed by atoms with E-state index in [0.29, 0.717) is 5.11 Å². The largest absolute Gasteiger partial charge is 0.330 e. The molecule has 2 heterocycles. The van der Waals surface area contributed by atoms with Crippen LogP contribution in [0.25, 0.3) is 0 Å². The van der Waals surface area contributed by atoms with Gasteiger partial charge in [0.25, 0.3) is 0 Å². The molecule has 2 N–H and O–H groups in total. The van der Waals surface area contributed by atoms with Crippen molar-refractivity contribution in [3.8, 4) is 0 Å². The standard InChI is InChI=1S/C19H24N6S/c1-5-24-14(3)17(11-20-24)21-19(26)22-18-13(2)23-25(15(18)4)12-16-9-7-6-8-10-16/h6-11H,5,12H2,1-4H3,(H2,21,22,26). The summed E-state index contributed by atoms with van der Waals surface area (Å²) >= 11 is 5.49.